The topological polar surface area (TPSA) is 90.8 Å². The molecule has 1 atom stereocenters. The highest BCUT2D eigenvalue weighted by Crippen LogP contribution is 2.40. The van der Waals surface area contributed by atoms with Crippen LogP contribution < -0.4 is 5.56 Å². The van der Waals surface area contributed by atoms with Crippen molar-refractivity contribution in [1.29, 1.82) is 0 Å². The molecule has 1 amide bonds. The first-order valence-electron chi connectivity index (χ1n) is 14.2. The molecule has 1 aliphatic carbocycles. The van der Waals surface area contributed by atoms with Crippen LogP contribution in [0, 0.1) is 6.92 Å². The van der Waals surface area contributed by atoms with Crippen molar-refractivity contribution in [2.24, 2.45) is 7.05 Å². The van der Waals surface area contributed by atoms with E-state index in [4.69, 9.17) is 21.7 Å². The first-order chi connectivity index (χ1) is 20.9. The van der Waals surface area contributed by atoms with E-state index in [1.54, 1.807) is 17.9 Å². The summed E-state index contributed by atoms with van der Waals surface area (Å²) in [4.78, 5) is 38.7. The highest BCUT2D eigenvalue weighted by atomic mass is 35.5. The number of aromatic nitrogens is 6. The number of carbonyl (C=O) groups excluding carboxylic acids is 1. The zero-order chi connectivity index (χ0) is 31.1. The molecular formula is C31H27ClF3N7O2. The Bertz CT molecular complexity index is 2040. The standard InChI is InChI=1S/C31H27ClF3N7O2/c1-16-10-21-26(14-40(16)28(43)19-6-8-23(32)22(12-19)31(33,34)35)37-30(42-17(2)11-24(38-42)18-4-5-18)41(29(21)44)20-7-9-27-25(13-20)36-15-39(27)3/h6-9,11-13,15-16,18H,4-5,10,14H2,1-3H3/t16-/m1/s1. The van der Waals surface area contributed by atoms with Gasteiger partial charge in [0.15, 0.2) is 0 Å². The molecule has 13 heteroatoms. The Morgan fingerprint density at radius 2 is 1.86 bits per heavy atom. The Kier molecular flexibility index (Phi) is 6.47. The third-order valence-corrected chi connectivity index (χ3v) is 8.76. The van der Waals surface area contributed by atoms with Crippen molar-refractivity contribution < 1.29 is 18.0 Å². The van der Waals surface area contributed by atoms with Crippen molar-refractivity contribution in [3.63, 3.8) is 0 Å². The van der Waals surface area contributed by atoms with Gasteiger partial charge in [-0.15, -0.1) is 0 Å². The molecule has 0 unspecified atom stereocenters. The maximum absolute atomic E-state index is 14.3. The molecule has 0 spiro atoms. The van der Waals surface area contributed by atoms with Crippen LogP contribution in [0.1, 0.15) is 64.2 Å². The second kappa shape index (κ2) is 10.0. The quantitative estimate of drug-likeness (QED) is 0.255. The molecule has 1 saturated carbocycles. The van der Waals surface area contributed by atoms with Gasteiger partial charge < -0.3 is 9.47 Å². The molecule has 1 aliphatic heterocycles. The van der Waals surface area contributed by atoms with Crippen molar-refractivity contribution in [1.82, 2.24) is 33.8 Å². The number of amides is 1. The molecule has 3 aromatic heterocycles. The summed E-state index contributed by atoms with van der Waals surface area (Å²) in [6.45, 7) is 3.60. The average Bonchev–Trinajstić information content (AvgIpc) is 3.67. The molecule has 4 heterocycles. The number of hydrogen-bond acceptors (Lipinski definition) is 5. The minimum atomic E-state index is -4.71. The maximum Gasteiger partial charge on any atom is 0.417 e. The fraction of sp³-hybridized carbons (Fsp3) is 0.323. The lowest BCUT2D eigenvalue weighted by molar-refractivity contribution is -0.137. The number of imidazole rings is 1. The summed E-state index contributed by atoms with van der Waals surface area (Å²) in [5.74, 6) is 0.0264. The predicted molar refractivity (Wildman–Crippen MR) is 157 cm³/mol. The van der Waals surface area contributed by atoms with Crippen LogP contribution in [0.5, 0.6) is 0 Å². The molecular weight excluding hydrogens is 595 g/mol. The van der Waals surface area contributed by atoms with E-state index < -0.39 is 28.7 Å². The first-order valence-corrected chi connectivity index (χ1v) is 14.6. The molecule has 7 rings (SSSR count). The highest BCUT2D eigenvalue weighted by Gasteiger charge is 2.36. The first kappa shape index (κ1) is 28.3. The van der Waals surface area contributed by atoms with Gasteiger partial charge in [-0.2, -0.15) is 18.3 Å². The van der Waals surface area contributed by atoms with Crippen molar-refractivity contribution in [3.05, 3.63) is 97.9 Å². The van der Waals surface area contributed by atoms with E-state index in [0.717, 1.165) is 41.9 Å². The summed E-state index contributed by atoms with van der Waals surface area (Å²) in [5, 5.41) is 4.33. The third-order valence-electron chi connectivity index (χ3n) is 8.43. The van der Waals surface area contributed by atoms with Crippen LogP contribution in [0.2, 0.25) is 5.02 Å². The lowest BCUT2D eigenvalue weighted by Crippen LogP contribution is -2.46. The molecule has 1 fully saturated rings. The normalized spacial score (nSPS) is 16.9. The van der Waals surface area contributed by atoms with Gasteiger partial charge in [0.2, 0.25) is 5.95 Å². The van der Waals surface area contributed by atoms with Crippen LogP contribution in [0.15, 0.2) is 53.6 Å². The molecule has 226 valence electrons. The van der Waals surface area contributed by atoms with E-state index in [1.165, 1.54) is 15.5 Å². The maximum atomic E-state index is 14.3. The SMILES string of the molecule is Cc1cc(C2CC2)nn1-c1nc2c(c(=O)n1-c1ccc3c(c1)ncn3C)C[C@@H](C)N(C(=O)c1ccc(Cl)c(C(F)(F)F)c1)C2. The van der Waals surface area contributed by atoms with Crippen LogP contribution >= 0.6 is 11.6 Å². The van der Waals surface area contributed by atoms with E-state index in [2.05, 4.69) is 4.98 Å². The van der Waals surface area contributed by atoms with Crippen LogP contribution in [-0.4, -0.2) is 45.7 Å². The Labute approximate surface area is 254 Å². The predicted octanol–water partition coefficient (Wildman–Crippen LogP) is 5.75. The zero-order valence-corrected chi connectivity index (χ0v) is 24.8. The van der Waals surface area contributed by atoms with Crippen molar-refractivity contribution in [2.45, 2.75) is 57.8 Å². The van der Waals surface area contributed by atoms with Crippen LogP contribution in [0.4, 0.5) is 13.2 Å². The van der Waals surface area contributed by atoms with Gasteiger partial charge in [-0.3, -0.25) is 9.59 Å². The van der Waals surface area contributed by atoms with Crippen molar-refractivity contribution in [3.8, 4) is 11.6 Å². The van der Waals surface area contributed by atoms with E-state index in [0.29, 0.717) is 28.4 Å². The van der Waals surface area contributed by atoms with E-state index in [-0.39, 0.29) is 30.0 Å². The number of aryl methyl sites for hydroxylation is 2. The zero-order valence-electron chi connectivity index (χ0n) is 24.1. The highest BCUT2D eigenvalue weighted by molar-refractivity contribution is 6.31. The van der Waals surface area contributed by atoms with E-state index in [1.807, 2.05) is 42.8 Å². The second-order valence-electron chi connectivity index (χ2n) is 11.6. The summed E-state index contributed by atoms with van der Waals surface area (Å²) >= 11 is 5.79. The van der Waals surface area contributed by atoms with Gasteiger partial charge in [0.05, 0.1) is 51.6 Å². The lowest BCUT2D eigenvalue weighted by atomic mass is 9.98. The van der Waals surface area contributed by atoms with E-state index in [9.17, 15) is 22.8 Å². The summed E-state index contributed by atoms with van der Waals surface area (Å²) in [7, 11) is 1.89. The number of alkyl halides is 3. The smallest absolute Gasteiger partial charge is 0.334 e. The number of halogens is 4. The van der Waals surface area contributed by atoms with Crippen LogP contribution in [0.25, 0.3) is 22.7 Å². The minimum absolute atomic E-state index is 0.0581. The number of nitrogens with zero attached hydrogens (tertiary/aromatic N) is 7. The lowest BCUT2D eigenvalue weighted by Gasteiger charge is -2.34. The third kappa shape index (κ3) is 4.68. The summed E-state index contributed by atoms with van der Waals surface area (Å²) in [6.07, 6.45) is -0.743. The number of hydrogen-bond donors (Lipinski definition) is 0. The van der Waals surface area contributed by atoms with E-state index >= 15 is 0 Å². The Balaban J connectivity index is 1.36. The molecule has 2 aromatic carbocycles. The number of rotatable bonds is 4. The van der Waals surface area contributed by atoms with Crippen molar-refractivity contribution >= 4 is 28.5 Å². The van der Waals surface area contributed by atoms with Crippen molar-refractivity contribution in [2.75, 3.05) is 0 Å². The van der Waals surface area contributed by atoms with Gasteiger partial charge >= 0.3 is 6.18 Å². The molecule has 0 bridgehead atoms. The number of carbonyl (C=O) groups is 1. The van der Waals surface area contributed by atoms with Gasteiger partial charge in [-0.05, 0) is 75.6 Å². The monoisotopic (exact) mass is 621 g/mol. The molecule has 44 heavy (non-hydrogen) atoms. The van der Waals surface area contributed by atoms with Gasteiger partial charge in [-0.1, -0.05) is 11.6 Å². The van der Waals surface area contributed by atoms with Gasteiger partial charge in [0.1, 0.15) is 0 Å². The largest absolute Gasteiger partial charge is 0.417 e. The summed E-state index contributed by atoms with van der Waals surface area (Å²) < 4.78 is 45.7. The molecule has 0 N–H and O–H groups in total. The van der Waals surface area contributed by atoms with Gasteiger partial charge in [0, 0.05) is 35.8 Å². The second-order valence-corrected chi connectivity index (χ2v) is 12.0. The Morgan fingerprint density at radius 3 is 2.59 bits per heavy atom. The number of fused-ring (bicyclic) bond motifs is 2. The van der Waals surface area contributed by atoms with Gasteiger partial charge in [0.25, 0.3) is 11.5 Å². The molecule has 0 radical (unpaired) electrons. The summed E-state index contributed by atoms with van der Waals surface area (Å²) in [6, 6.07) is 10.2. The molecule has 2 aliphatic rings. The van der Waals surface area contributed by atoms with Gasteiger partial charge in [-0.25, -0.2) is 19.2 Å². The fourth-order valence-corrected chi connectivity index (χ4v) is 6.10. The summed E-state index contributed by atoms with van der Waals surface area (Å²) in [5.41, 5.74) is 3.19. The number of benzene rings is 2. The minimum Gasteiger partial charge on any atom is -0.334 e. The molecule has 0 saturated heterocycles. The fourth-order valence-electron chi connectivity index (χ4n) is 5.88. The Hall–Kier alpha value is -4.45. The van der Waals surface area contributed by atoms with Crippen LogP contribution in [0.3, 0.4) is 0 Å². The molecule has 9 nitrogen and oxygen atoms in total. The molecule has 5 aromatic rings. The average molecular weight is 622 g/mol. The Morgan fingerprint density at radius 1 is 1.09 bits per heavy atom. The van der Waals surface area contributed by atoms with Crippen LogP contribution in [-0.2, 0) is 26.2 Å².